The van der Waals surface area contributed by atoms with Crippen LogP contribution in [0.2, 0.25) is 5.02 Å². The summed E-state index contributed by atoms with van der Waals surface area (Å²) in [7, 11) is 1.65. The lowest BCUT2D eigenvalue weighted by Gasteiger charge is -2.17. The molecule has 24 heavy (non-hydrogen) atoms. The topological polar surface area (TPSA) is 46.1 Å². The van der Waals surface area contributed by atoms with Crippen LogP contribution in [0.4, 0.5) is 0 Å². The van der Waals surface area contributed by atoms with Crippen molar-refractivity contribution in [2.45, 2.75) is 20.3 Å². The van der Waals surface area contributed by atoms with Gasteiger partial charge in [-0.15, -0.1) is 0 Å². The van der Waals surface area contributed by atoms with Gasteiger partial charge in [0.2, 0.25) is 0 Å². The summed E-state index contributed by atoms with van der Waals surface area (Å²) in [6.07, 6.45) is 8.41. The molecule has 1 N–H and O–H groups in total. The van der Waals surface area contributed by atoms with Gasteiger partial charge in [-0.25, -0.2) is 4.98 Å². The zero-order valence-corrected chi connectivity index (χ0v) is 15.1. The predicted octanol–water partition coefficient (Wildman–Crippen LogP) is 3.90. The molecule has 2 aromatic heterocycles. The Labute approximate surface area is 147 Å². The number of nitrogens with one attached hydrogen (secondary N) is 1. The number of imidazole rings is 1. The fourth-order valence-electron chi connectivity index (χ4n) is 3.06. The van der Waals surface area contributed by atoms with Gasteiger partial charge < -0.3 is 19.2 Å². The number of aromatic nitrogens is 3. The first-order valence-corrected chi connectivity index (χ1v) is 8.64. The van der Waals surface area contributed by atoms with Gasteiger partial charge in [-0.2, -0.15) is 0 Å². The monoisotopic (exact) mass is 346 g/mol. The first-order valence-electron chi connectivity index (χ1n) is 8.26. The second-order valence-electron chi connectivity index (χ2n) is 5.73. The summed E-state index contributed by atoms with van der Waals surface area (Å²) in [6.45, 7) is 7.55. The number of benzene rings is 1. The second kappa shape index (κ2) is 7.28. The highest BCUT2D eigenvalue weighted by molar-refractivity contribution is 6.35. The Balaban J connectivity index is 2.05. The van der Waals surface area contributed by atoms with Crippen LogP contribution >= 0.6 is 11.6 Å². The van der Waals surface area contributed by atoms with Gasteiger partial charge in [0, 0.05) is 30.5 Å². The van der Waals surface area contributed by atoms with Gasteiger partial charge in [-0.05, 0) is 31.1 Å². The van der Waals surface area contributed by atoms with E-state index in [0.29, 0.717) is 10.8 Å². The third-order valence-electron chi connectivity index (χ3n) is 4.52. The Bertz CT molecular complexity index is 806. The summed E-state index contributed by atoms with van der Waals surface area (Å²) < 4.78 is 7.48. The number of methoxy groups -OCH3 is 1. The molecular weight excluding hydrogens is 324 g/mol. The number of nitrogens with zero attached hydrogens (tertiary/aromatic N) is 3. The van der Waals surface area contributed by atoms with E-state index < -0.39 is 0 Å². The molecule has 128 valence electrons. The Hall–Kier alpha value is -1.98. The second-order valence-corrected chi connectivity index (χ2v) is 6.10. The summed E-state index contributed by atoms with van der Waals surface area (Å²) in [6, 6.07) is 2.11. The minimum Gasteiger partial charge on any atom is -0.493 e. The van der Waals surface area contributed by atoms with Crippen molar-refractivity contribution >= 4 is 22.5 Å². The molecule has 0 fully saturated rings. The van der Waals surface area contributed by atoms with Gasteiger partial charge in [0.1, 0.15) is 5.02 Å². The minimum atomic E-state index is 0.583. The fourth-order valence-corrected chi connectivity index (χ4v) is 3.38. The maximum absolute atomic E-state index is 6.56. The van der Waals surface area contributed by atoms with Crippen LogP contribution in [0.1, 0.15) is 19.4 Å². The van der Waals surface area contributed by atoms with Gasteiger partial charge in [0.05, 0.1) is 24.6 Å². The van der Waals surface area contributed by atoms with Crippen LogP contribution in [0, 0.1) is 0 Å². The van der Waals surface area contributed by atoms with Crippen LogP contribution in [-0.2, 0) is 6.42 Å². The molecule has 6 heteroatoms. The molecule has 0 spiro atoms. The summed E-state index contributed by atoms with van der Waals surface area (Å²) in [5.41, 5.74) is 3.09. The smallest absolute Gasteiger partial charge is 0.163 e. The Morgan fingerprint density at radius 3 is 2.75 bits per heavy atom. The number of ether oxygens (including phenoxy) is 1. The number of fused-ring (bicyclic) bond motifs is 1. The SMILES string of the molecule is CCN(CC)CCc1c[nH]c2c(OC)c(Cl)c(-n3ccnc3)cc12. The van der Waals surface area contributed by atoms with Crippen molar-refractivity contribution in [1.29, 1.82) is 0 Å². The Morgan fingerprint density at radius 1 is 1.33 bits per heavy atom. The summed E-state index contributed by atoms with van der Waals surface area (Å²) in [5.74, 6) is 0.673. The molecule has 1 aromatic carbocycles. The van der Waals surface area contributed by atoms with Gasteiger partial charge >= 0.3 is 0 Å². The average Bonchev–Trinajstić information content (AvgIpc) is 3.25. The van der Waals surface area contributed by atoms with E-state index in [0.717, 1.165) is 42.6 Å². The van der Waals surface area contributed by atoms with Crippen molar-refractivity contribution in [3.8, 4) is 11.4 Å². The number of hydrogen-bond donors (Lipinski definition) is 1. The number of aromatic amines is 1. The van der Waals surface area contributed by atoms with Crippen LogP contribution in [0.15, 0.2) is 31.0 Å². The number of H-pyrrole nitrogens is 1. The molecule has 0 aliphatic rings. The van der Waals surface area contributed by atoms with Crippen molar-refractivity contribution < 1.29 is 4.74 Å². The van der Waals surface area contributed by atoms with Crippen molar-refractivity contribution in [2.24, 2.45) is 0 Å². The average molecular weight is 347 g/mol. The lowest BCUT2D eigenvalue weighted by atomic mass is 10.1. The molecule has 0 unspecified atom stereocenters. The molecule has 0 atom stereocenters. The molecule has 0 aliphatic heterocycles. The van der Waals surface area contributed by atoms with Crippen LogP contribution in [-0.4, -0.2) is 46.2 Å². The molecule has 0 amide bonds. The van der Waals surface area contributed by atoms with Crippen molar-refractivity contribution in [1.82, 2.24) is 19.4 Å². The maximum Gasteiger partial charge on any atom is 0.163 e. The zero-order chi connectivity index (χ0) is 17.1. The first-order chi connectivity index (χ1) is 11.7. The zero-order valence-electron chi connectivity index (χ0n) is 14.3. The highest BCUT2D eigenvalue weighted by Gasteiger charge is 2.17. The summed E-state index contributed by atoms with van der Waals surface area (Å²) in [5, 5.41) is 1.73. The first kappa shape index (κ1) is 16.9. The third kappa shape index (κ3) is 3.01. The minimum absolute atomic E-state index is 0.583. The van der Waals surface area contributed by atoms with Gasteiger partial charge in [-0.3, -0.25) is 0 Å². The van der Waals surface area contributed by atoms with Crippen LogP contribution in [0.3, 0.4) is 0 Å². The van der Waals surface area contributed by atoms with Gasteiger partial charge in [0.25, 0.3) is 0 Å². The van der Waals surface area contributed by atoms with E-state index >= 15 is 0 Å². The van der Waals surface area contributed by atoms with Crippen LogP contribution in [0.5, 0.6) is 5.75 Å². The summed E-state index contributed by atoms with van der Waals surface area (Å²) in [4.78, 5) is 9.86. The van der Waals surface area contributed by atoms with Crippen molar-refractivity contribution in [3.63, 3.8) is 0 Å². The van der Waals surface area contributed by atoms with E-state index in [4.69, 9.17) is 16.3 Å². The highest BCUT2D eigenvalue weighted by Crippen LogP contribution is 2.39. The predicted molar refractivity (Wildman–Crippen MR) is 98.5 cm³/mol. The molecule has 0 radical (unpaired) electrons. The lowest BCUT2D eigenvalue weighted by Crippen LogP contribution is -2.25. The number of halogens is 1. The molecule has 3 aromatic rings. The van der Waals surface area contributed by atoms with E-state index in [2.05, 4.69) is 41.0 Å². The molecule has 0 aliphatic carbocycles. The normalized spacial score (nSPS) is 11.5. The number of rotatable bonds is 7. The fraction of sp³-hybridized carbons (Fsp3) is 0.389. The van der Waals surface area contributed by atoms with Gasteiger partial charge in [-0.1, -0.05) is 25.4 Å². The molecular formula is C18H23ClN4O. The highest BCUT2D eigenvalue weighted by atomic mass is 35.5. The van der Waals surface area contributed by atoms with Crippen LogP contribution in [0.25, 0.3) is 16.6 Å². The number of hydrogen-bond acceptors (Lipinski definition) is 3. The van der Waals surface area contributed by atoms with E-state index in [1.807, 2.05) is 10.8 Å². The van der Waals surface area contributed by atoms with E-state index in [9.17, 15) is 0 Å². The molecule has 2 heterocycles. The third-order valence-corrected chi connectivity index (χ3v) is 4.88. The Morgan fingerprint density at radius 2 is 2.12 bits per heavy atom. The Kier molecular flexibility index (Phi) is 5.11. The van der Waals surface area contributed by atoms with Crippen LogP contribution < -0.4 is 4.74 Å². The molecule has 5 nitrogen and oxygen atoms in total. The molecule has 0 saturated heterocycles. The van der Waals surface area contributed by atoms with E-state index in [-0.39, 0.29) is 0 Å². The molecule has 0 bridgehead atoms. The maximum atomic E-state index is 6.56. The lowest BCUT2D eigenvalue weighted by molar-refractivity contribution is 0.308. The largest absolute Gasteiger partial charge is 0.493 e. The quantitative estimate of drug-likeness (QED) is 0.705. The number of likely N-dealkylation sites (N-methyl/N-ethyl adjacent to an activating group) is 1. The van der Waals surface area contributed by atoms with Crippen molar-refractivity contribution in [3.05, 3.63) is 41.6 Å². The molecule has 3 rings (SSSR count). The van der Waals surface area contributed by atoms with Crippen molar-refractivity contribution in [2.75, 3.05) is 26.7 Å². The molecule has 0 saturated carbocycles. The summed E-state index contributed by atoms with van der Waals surface area (Å²) >= 11 is 6.56. The van der Waals surface area contributed by atoms with Gasteiger partial charge in [0.15, 0.2) is 5.75 Å². The van der Waals surface area contributed by atoms with E-state index in [1.165, 1.54) is 5.56 Å². The standard InChI is InChI=1S/C18H23ClN4O/c1-4-22(5-2)8-6-13-11-21-17-14(13)10-15(16(19)18(17)24-3)23-9-7-20-12-23/h7,9-12,21H,4-6,8H2,1-3H3. The van der Waals surface area contributed by atoms with E-state index in [1.54, 1.807) is 19.6 Å².